The van der Waals surface area contributed by atoms with E-state index in [1.165, 1.54) is 12.7 Å². The van der Waals surface area contributed by atoms with Crippen molar-refractivity contribution in [1.29, 1.82) is 0 Å². The summed E-state index contributed by atoms with van der Waals surface area (Å²) in [5.41, 5.74) is 1.84. The summed E-state index contributed by atoms with van der Waals surface area (Å²) in [4.78, 5) is 12.9. The standard InChI is InChI=1S/C16H16N5O5PS.Na/c22-12-13-10(6-24-27(23,28)26-13)25-16(12)21-8-19-11-14(17-7-18-15(11)21)20-9-4-2-1-3-5-9;/h1-5,7-8,10,12-13,16,22H,6H2,(H,23,28)(H,17,18,20);/q;+1/p-1/t10-,12?,13+,16-,27?;/m1./s1. The molecule has 5 rings (SSSR count). The van der Waals surface area contributed by atoms with E-state index in [-0.39, 0.29) is 36.2 Å². The third kappa shape index (κ3) is 3.99. The molecule has 2 N–H and O–H groups in total. The number of fused-ring (bicyclic) bond motifs is 2. The zero-order valence-corrected chi connectivity index (χ0v) is 19.0. The Morgan fingerprint density at radius 2 is 2.03 bits per heavy atom. The molecule has 2 aliphatic heterocycles. The molecule has 2 saturated heterocycles. The fraction of sp³-hybridized carbons (Fsp3) is 0.312. The van der Waals surface area contributed by atoms with E-state index in [9.17, 15) is 9.67 Å². The molecule has 2 unspecified atom stereocenters. The quantitative estimate of drug-likeness (QED) is 0.293. The Kier molecular flexibility index (Phi) is 6.04. The van der Waals surface area contributed by atoms with Crippen LogP contribution in [0.25, 0.3) is 11.2 Å². The summed E-state index contributed by atoms with van der Waals surface area (Å²) in [5.74, 6) is 0.523. The molecule has 0 spiro atoms. The van der Waals surface area contributed by atoms with Crippen molar-refractivity contribution in [3.05, 3.63) is 43.0 Å². The molecular formula is C16H15N5NaO5PS. The SMILES string of the molecule is O=P1([S-])OC[C@H]2O[C@@H](n3cnc4c(Nc5ccccc5)ncnc43)C(O)[C@H]2O1.[Na+]. The van der Waals surface area contributed by atoms with Crippen LogP contribution in [0.5, 0.6) is 0 Å². The molecule has 13 heteroatoms. The van der Waals surface area contributed by atoms with E-state index in [1.54, 1.807) is 4.57 Å². The zero-order chi connectivity index (χ0) is 19.3. The maximum absolute atomic E-state index is 11.9. The fourth-order valence-corrected chi connectivity index (χ4v) is 4.78. The van der Waals surface area contributed by atoms with Crippen molar-refractivity contribution in [3.8, 4) is 0 Å². The first-order valence-electron chi connectivity index (χ1n) is 8.49. The average Bonchev–Trinajstić information content (AvgIpc) is 3.24. The Bertz CT molecular complexity index is 1070. The van der Waals surface area contributed by atoms with E-state index in [4.69, 9.17) is 26.0 Å². The third-order valence-corrected chi connectivity index (χ3v) is 6.17. The van der Waals surface area contributed by atoms with Gasteiger partial charge in [-0.25, -0.2) is 15.0 Å². The summed E-state index contributed by atoms with van der Waals surface area (Å²) in [6.07, 6.45) is -0.472. The summed E-state index contributed by atoms with van der Waals surface area (Å²) in [6, 6.07) is 9.54. The predicted octanol–water partition coefficient (Wildman–Crippen LogP) is -1.10. The fourth-order valence-electron chi connectivity index (χ4n) is 3.35. The van der Waals surface area contributed by atoms with Gasteiger partial charge in [-0.3, -0.25) is 9.13 Å². The van der Waals surface area contributed by atoms with E-state index in [2.05, 4.69) is 20.3 Å². The van der Waals surface area contributed by atoms with Gasteiger partial charge in [-0.15, -0.1) is 0 Å². The minimum absolute atomic E-state index is 0. The second-order valence-electron chi connectivity index (χ2n) is 6.41. The molecule has 146 valence electrons. The topological polar surface area (TPSA) is 121 Å². The number of aliphatic hydroxyl groups excluding tert-OH is 1. The number of hydrogen-bond donors (Lipinski definition) is 2. The van der Waals surface area contributed by atoms with Crippen molar-refractivity contribution in [2.45, 2.75) is 24.5 Å². The molecule has 0 radical (unpaired) electrons. The molecule has 0 aliphatic carbocycles. The van der Waals surface area contributed by atoms with Crippen LogP contribution in [-0.4, -0.2) is 49.5 Å². The van der Waals surface area contributed by atoms with Gasteiger partial charge < -0.3 is 36.5 Å². The Balaban J connectivity index is 0.00000205. The van der Waals surface area contributed by atoms with E-state index >= 15 is 0 Å². The molecule has 2 fully saturated rings. The van der Waals surface area contributed by atoms with Crippen LogP contribution in [-0.2, 0) is 30.6 Å². The number of rotatable bonds is 3. The molecule has 1 aromatic carbocycles. The summed E-state index contributed by atoms with van der Waals surface area (Å²) < 4.78 is 29.6. The maximum Gasteiger partial charge on any atom is 1.00 e. The number of nitrogens with one attached hydrogen (secondary N) is 1. The van der Waals surface area contributed by atoms with Gasteiger partial charge in [0.05, 0.1) is 12.9 Å². The van der Waals surface area contributed by atoms with Gasteiger partial charge in [0, 0.05) is 5.69 Å². The number of aromatic nitrogens is 4. The number of anilines is 2. The minimum Gasteiger partial charge on any atom is -0.660 e. The Hall–Kier alpha value is -1.01. The summed E-state index contributed by atoms with van der Waals surface area (Å²) in [7, 11) is 0. The van der Waals surface area contributed by atoms with Crippen LogP contribution in [0, 0.1) is 0 Å². The van der Waals surface area contributed by atoms with Crippen molar-refractivity contribution in [1.82, 2.24) is 19.5 Å². The molecular weight excluding hydrogens is 428 g/mol. The largest absolute Gasteiger partial charge is 1.00 e. The van der Waals surface area contributed by atoms with Crippen molar-refractivity contribution in [2.24, 2.45) is 0 Å². The van der Waals surface area contributed by atoms with E-state index in [0.717, 1.165) is 5.69 Å². The maximum atomic E-state index is 11.9. The molecule has 29 heavy (non-hydrogen) atoms. The molecule has 3 aromatic rings. The van der Waals surface area contributed by atoms with Crippen molar-refractivity contribution in [2.75, 3.05) is 11.9 Å². The predicted molar refractivity (Wildman–Crippen MR) is 101 cm³/mol. The third-order valence-electron chi connectivity index (χ3n) is 4.63. The average molecular weight is 443 g/mol. The van der Waals surface area contributed by atoms with Crippen LogP contribution >= 0.6 is 6.80 Å². The molecule has 4 heterocycles. The smallest absolute Gasteiger partial charge is 0.660 e. The van der Waals surface area contributed by atoms with Crippen LogP contribution in [0.3, 0.4) is 0 Å². The number of nitrogens with zero attached hydrogens (tertiary/aromatic N) is 4. The Labute approximate surface area is 193 Å². The number of hydrogen-bond acceptors (Lipinski definition) is 10. The molecule has 2 aromatic heterocycles. The Morgan fingerprint density at radius 3 is 2.83 bits per heavy atom. The summed E-state index contributed by atoms with van der Waals surface area (Å²) in [5, 5.41) is 13.9. The second-order valence-corrected chi connectivity index (χ2v) is 9.11. The van der Waals surface area contributed by atoms with Crippen LogP contribution in [0.4, 0.5) is 11.5 Å². The van der Waals surface area contributed by atoms with Gasteiger partial charge in [0.2, 0.25) is 0 Å². The molecule has 0 amide bonds. The van der Waals surface area contributed by atoms with Gasteiger partial charge in [-0.1, -0.05) is 18.2 Å². The van der Waals surface area contributed by atoms with Gasteiger partial charge >= 0.3 is 29.6 Å². The van der Waals surface area contributed by atoms with E-state index in [1.807, 2.05) is 30.3 Å². The van der Waals surface area contributed by atoms with Crippen LogP contribution in [0.1, 0.15) is 6.23 Å². The summed E-state index contributed by atoms with van der Waals surface area (Å²) >= 11 is 4.76. The van der Waals surface area contributed by atoms with Crippen molar-refractivity contribution in [3.63, 3.8) is 0 Å². The van der Waals surface area contributed by atoms with Crippen LogP contribution < -0.4 is 34.9 Å². The second kappa shape index (κ2) is 8.26. The number of imidazole rings is 1. The number of para-hydroxylation sites is 1. The van der Waals surface area contributed by atoms with Gasteiger partial charge in [0.1, 0.15) is 24.6 Å². The Morgan fingerprint density at radius 1 is 1.24 bits per heavy atom. The molecule has 2 aliphatic rings. The van der Waals surface area contributed by atoms with Gasteiger partial charge in [0.15, 0.2) is 30.0 Å². The first-order chi connectivity index (χ1) is 13.5. The van der Waals surface area contributed by atoms with E-state index in [0.29, 0.717) is 17.0 Å². The van der Waals surface area contributed by atoms with Crippen molar-refractivity contribution < 1.29 is 53.0 Å². The first kappa shape index (κ1) is 21.2. The van der Waals surface area contributed by atoms with Gasteiger partial charge in [-0.05, 0) is 12.1 Å². The number of aliphatic hydroxyl groups is 1. The minimum atomic E-state index is -3.61. The molecule has 0 bridgehead atoms. The normalized spacial score (nSPS) is 31.2. The van der Waals surface area contributed by atoms with Gasteiger partial charge in [-0.2, -0.15) is 0 Å². The molecule has 0 saturated carbocycles. The van der Waals surface area contributed by atoms with Crippen LogP contribution in [0.15, 0.2) is 43.0 Å². The van der Waals surface area contributed by atoms with E-state index < -0.39 is 31.3 Å². The monoisotopic (exact) mass is 443 g/mol. The number of benzene rings is 1. The summed E-state index contributed by atoms with van der Waals surface area (Å²) in [6.45, 7) is -3.62. The van der Waals surface area contributed by atoms with Crippen molar-refractivity contribution >= 4 is 41.7 Å². The molecule has 10 nitrogen and oxygen atoms in total. The van der Waals surface area contributed by atoms with Crippen LogP contribution in [0.2, 0.25) is 0 Å². The molecule has 5 atom stereocenters. The first-order valence-corrected chi connectivity index (χ1v) is 11.0. The van der Waals surface area contributed by atoms with Gasteiger partial charge in [0.25, 0.3) is 0 Å². The zero-order valence-electron chi connectivity index (χ0n) is 15.3. The number of ether oxygens (including phenoxy) is 1.